The second kappa shape index (κ2) is 9.67. The van der Waals surface area contributed by atoms with Gasteiger partial charge in [-0.3, -0.25) is 9.69 Å². The zero-order chi connectivity index (χ0) is 21.7. The highest BCUT2D eigenvalue weighted by Crippen LogP contribution is 2.25. The van der Waals surface area contributed by atoms with Crippen molar-refractivity contribution in [1.82, 2.24) is 9.29 Å². The largest absolute Gasteiger partial charge is 0.456 e. The van der Waals surface area contributed by atoms with Crippen LogP contribution in [0.2, 0.25) is 0 Å². The third-order valence-corrected chi connectivity index (χ3v) is 7.73. The van der Waals surface area contributed by atoms with Crippen molar-refractivity contribution in [2.75, 3.05) is 24.5 Å². The molecule has 0 spiro atoms. The molecule has 1 saturated heterocycles. The van der Waals surface area contributed by atoms with Crippen LogP contribution in [-0.2, 0) is 26.2 Å². The van der Waals surface area contributed by atoms with E-state index in [1.807, 2.05) is 6.92 Å². The van der Waals surface area contributed by atoms with Crippen LogP contribution in [0.4, 0.5) is 5.13 Å². The number of hydrogen-bond acceptors (Lipinski definition) is 7. The van der Waals surface area contributed by atoms with E-state index in [2.05, 4.69) is 4.98 Å². The number of aromatic nitrogens is 1. The van der Waals surface area contributed by atoms with Gasteiger partial charge in [0.05, 0.1) is 16.2 Å². The van der Waals surface area contributed by atoms with Gasteiger partial charge in [-0.25, -0.2) is 18.2 Å². The fraction of sp³-hybridized carbons (Fsp3) is 0.450. The number of ether oxygens (including phenoxy) is 1. The molecule has 1 amide bonds. The minimum atomic E-state index is -3.77. The number of benzene rings is 1. The summed E-state index contributed by atoms with van der Waals surface area (Å²) >= 11 is 1.28. The molecule has 162 valence electrons. The molecule has 2 heterocycles. The van der Waals surface area contributed by atoms with E-state index in [1.54, 1.807) is 17.5 Å². The van der Waals surface area contributed by atoms with E-state index in [0.717, 1.165) is 19.3 Å². The van der Waals surface area contributed by atoms with E-state index < -0.39 is 16.0 Å². The van der Waals surface area contributed by atoms with Gasteiger partial charge in [0.1, 0.15) is 6.61 Å². The number of esters is 1. The summed E-state index contributed by atoms with van der Waals surface area (Å²) in [7, 11) is -3.77. The van der Waals surface area contributed by atoms with E-state index in [-0.39, 0.29) is 23.0 Å². The van der Waals surface area contributed by atoms with Gasteiger partial charge >= 0.3 is 5.97 Å². The SMILES string of the molecule is CCN(C(C)=O)c1nc(COC(=O)c2ccccc2S(=O)(=O)N2CCCCC2)cs1. The Morgan fingerprint density at radius 1 is 1.20 bits per heavy atom. The lowest BCUT2D eigenvalue weighted by Gasteiger charge is -2.26. The van der Waals surface area contributed by atoms with Crippen LogP contribution in [0, 0.1) is 0 Å². The normalized spacial score (nSPS) is 15.0. The van der Waals surface area contributed by atoms with Crippen LogP contribution in [0.25, 0.3) is 0 Å². The Bertz CT molecular complexity index is 1010. The van der Waals surface area contributed by atoms with Gasteiger partial charge in [0, 0.05) is 31.9 Å². The Morgan fingerprint density at radius 2 is 1.90 bits per heavy atom. The molecule has 0 saturated carbocycles. The average Bonchev–Trinajstić information content (AvgIpc) is 3.21. The number of carbonyl (C=O) groups excluding carboxylic acids is 2. The summed E-state index contributed by atoms with van der Waals surface area (Å²) in [6, 6.07) is 6.10. The van der Waals surface area contributed by atoms with Crippen LogP contribution >= 0.6 is 11.3 Å². The van der Waals surface area contributed by atoms with E-state index in [0.29, 0.717) is 30.5 Å². The Morgan fingerprint density at radius 3 is 2.57 bits per heavy atom. The summed E-state index contributed by atoms with van der Waals surface area (Å²) in [5.41, 5.74) is 0.511. The maximum atomic E-state index is 13.0. The maximum absolute atomic E-state index is 13.0. The van der Waals surface area contributed by atoms with E-state index in [9.17, 15) is 18.0 Å². The fourth-order valence-electron chi connectivity index (χ4n) is 3.30. The lowest BCUT2D eigenvalue weighted by molar-refractivity contribution is -0.116. The number of rotatable bonds is 7. The van der Waals surface area contributed by atoms with Crippen molar-refractivity contribution in [2.45, 2.75) is 44.6 Å². The van der Waals surface area contributed by atoms with Crippen LogP contribution in [0.5, 0.6) is 0 Å². The van der Waals surface area contributed by atoms with Gasteiger partial charge in [-0.15, -0.1) is 11.3 Å². The highest BCUT2D eigenvalue weighted by atomic mass is 32.2. The van der Waals surface area contributed by atoms with Crippen molar-refractivity contribution < 1.29 is 22.7 Å². The smallest absolute Gasteiger partial charge is 0.339 e. The lowest BCUT2D eigenvalue weighted by atomic mass is 10.2. The molecule has 2 aromatic rings. The molecule has 1 aliphatic heterocycles. The quantitative estimate of drug-likeness (QED) is 0.600. The Labute approximate surface area is 180 Å². The summed E-state index contributed by atoms with van der Waals surface area (Å²) in [5.74, 6) is -0.841. The first-order chi connectivity index (χ1) is 14.3. The Kier molecular flexibility index (Phi) is 7.22. The fourth-order valence-corrected chi connectivity index (χ4v) is 5.91. The molecule has 3 rings (SSSR count). The highest BCUT2D eigenvalue weighted by molar-refractivity contribution is 7.89. The number of anilines is 1. The van der Waals surface area contributed by atoms with Gasteiger partial charge in [0.2, 0.25) is 15.9 Å². The van der Waals surface area contributed by atoms with Crippen molar-refractivity contribution >= 4 is 38.4 Å². The van der Waals surface area contributed by atoms with Crippen LogP contribution in [0.1, 0.15) is 49.2 Å². The molecule has 0 N–H and O–H groups in total. The molecule has 1 aliphatic rings. The average molecular weight is 452 g/mol. The number of hydrogen-bond donors (Lipinski definition) is 0. The zero-order valence-corrected chi connectivity index (χ0v) is 18.7. The number of carbonyl (C=O) groups is 2. The Balaban J connectivity index is 1.74. The van der Waals surface area contributed by atoms with Gasteiger partial charge in [0.15, 0.2) is 5.13 Å². The topological polar surface area (TPSA) is 96.9 Å². The molecule has 30 heavy (non-hydrogen) atoms. The summed E-state index contributed by atoms with van der Waals surface area (Å²) in [6.07, 6.45) is 2.63. The standard InChI is InChI=1S/C20H25N3O5S2/c1-3-23(15(2)24)20-21-16(14-29-20)13-28-19(25)17-9-5-6-10-18(17)30(26,27)22-11-7-4-8-12-22/h5-6,9-10,14H,3-4,7-8,11-13H2,1-2H3. The molecule has 1 aromatic carbocycles. The number of thiazole rings is 1. The molecule has 1 fully saturated rings. The third kappa shape index (κ3) is 4.88. The second-order valence-corrected chi connectivity index (χ2v) is 9.66. The van der Waals surface area contributed by atoms with Crippen LogP contribution in [0.15, 0.2) is 34.5 Å². The monoisotopic (exact) mass is 451 g/mol. The zero-order valence-electron chi connectivity index (χ0n) is 17.0. The number of nitrogens with zero attached hydrogens (tertiary/aromatic N) is 3. The van der Waals surface area contributed by atoms with Gasteiger partial charge in [-0.1, -0.05) is 18.6 Å². The molecule has 0 aliphatic carbocycles. The van der Waals surface area contributed by atoms with E-state index in [1.165, 1.54) is 39.6 Å². The summed E-state index contributed by atoms with van der Waals surface area (Å²) in [5, 5.41) is 2.24. The first kappa shape index (κ1) is 22.4. The lowest BCUT2D eigenvalue weighted by Crippen LogP contribution is -2.36. The van der Waals surface area contributed by atoms with Crippen LogP contribution in [0.3, 0.4) is 0 Å². The molecular formula is C20H25N3O5S2. The van der Waals surface area contributed by atoms with Crippen molar-refractivity contribution in [1.29, 1.82) is 0 Å². The van der Waals surface area contributed by atoms with Crippen molar-refractivity contribution in [3.63, 3.8) is 0 Å². The van der Waals surface area contributed by atoms with Crippen molar-refractivity contribution in [3.05, 3.63) is 40.9 Å². The second-order valence-electron chi connectivity index (χ2n) is 6.92. The van der Waals surface area contributed by atoms with Crippen LogP contribution in [-0.4, -0.2) is 49.2 Å². The minimum absolute atomic E-state index is 0.0115. The molecule has 0 radical (unpaired) electrons. The minimum Gasteiger partial charge on any atom is -0.456 e. The number of sulfonamides is 1. The number of amides is 1. The molecule has 1 aromatic heterocycles. The molecule has 10 heteroatoms. The predicted molar refractivity (Wildman–Crippen MR) is 114 cm³/mol. The molecular weight excluding hydrogens is 426 g/mol. The van der Waals surface area contributed by atoms with E-state index in [4.69, 9.17) is 4.74 Å². The highest BCUT2D eigenvalue weighted by Gasteiger charge is 2.30. The number of piperidine rings is 1. The first-order valence-corrected chi connectivity index (χ1v) is 12.2. The van der Waals surface area contributed by atoms with Gasteiger partial charge in [0.25, 0.3) is 0 Å². The Hall–Kier alpha value is -2.30. The molecule has 0 unspecified atom stereocenters. The van der Waals surface area contributed by atoms with Gasteiger partial charge in [-0.2, -0.15) is 4.31 Å². The van der Waals surface area contributed by atoms with Crippen molar-refractivity contribution in [3.8, 4) is 0 Å². The molecule has 8 nitrogen and oxygen atoms in total. The summed E-state index contributed by atoms with van der Waals surface area (Å²) < 4.78 is 32.8. The predicted octanol–water partition coefficient (Wildman–Crippen LogP) is 3.05. The molecule has 0 bridgehead atoms. The van der Waals surface area contributed by atoms with Gasteiger partial charge < -0.3 is 4.74 Å². The first-order valence-electron chi connectivity index (χ1n) is 9.83. The summed E-state index contributed by atoms with van der Waals surface area (Å²) in [4.78, 5) is 30.1. The van der Waals surface area contributed by atoms with Crippen molar-refractivity contribution in [2.24, 2.45) is 0 Å². The van der Waals surface area contributed by atoms with Gasteiger partial charge in [-0.05, 0) is 31.9 Å². The summed E-state index contributed by atoms with van der Waals surface area (Å²) in [6.45, 7) is 4.61. The molecule has 0 atom stereocenters. The van der Waals surface area contributed by atoms with Crippen LogP contribution < -0.4 is 4.90 Å². The third-order valence-electron chi connectivity index (χ3n) is 4.86. The maximum Gasteiger partial charge on any atom is 0.339 e. The van der Waals surface area contributed by atoms with E-state index >= 15 is 0 Å².